The summed E-state index contributed by atoms with van der Waals surface area (Å²) in [6.07, 6.45) is 1.64. The van der Waals surface area contributed by atoms with Gasteiger partial charge in [-0.05, 0) is 36.8 Å². The fraction of sp³-hybridized carbons (Fsp3) is 0.167. The van der Waals surface area contributed by atoms with Crippen LogP contribution >= 0.6 is 12.2 Å². The van der Waals surface area contributed by atoms with Crippen LogP contribution in [-0.2, 0) is 0 Å². The van der Waals surface area contributed by atoms with Crippen molar-refractivity contribution in [3.8, 4) is 11.4 Å². The first-order valence-corrected chi connectivity index (χ1v) is 5.49. The van der Waals surface area contributed by atoms with E-state index in [1.165, 1.54) is 6.07 Å². The zero-order chi connectivity index (χ0) is 12.4. The summed E-state index contributed by atoms with van der Waals surface area (Å²) in [6, 6.07) is 7.21. The van der Waals surface area contributed by atoms with Crippen LogP contribution in [0.3, 0.4) is 0 Å². The first-order chi connectivity index (χ1) is 8.11. The second-order valence-electron chi connectivity index (χ2n) is 3.66. The van der Waals surface area contributed by atoms with Gasteiger partial charge in [-0.1, -0.05) is 6.07 Å². The Bertz CT molecular complexity index is 658. The summed E-state index contributed by atoms with van der Waals surface area (Å²) in [5, 5.41) is 0. The Kier molecular flexibility index (Phi) is 3.10. The van der Waals surface area contributed by atoms with Crippen molar-refractivity contribution in [2.24, 2.45) is 0 Å². The molecule has 2 rings (SSSR count). The third-order valence-corrected chi connectivity index (χ3v) is 2.72. The first-order valence-electron chi connectivity index (χ1n) is 5.09. The summed E-state index contributed by atoms with van der Waals surface area (Å²) in [7, 11) is 1.60. The summed E-state index contributed by atoms with van der Waals surface area (Å²) in [5.41, 5.74) is 1.69. The molecular weight excluding hydrogens is 236 g/mol. The molecule has 0 amide bonds. The van der Waals surface area contributed by atoms with Crippen molar-refractivity contribution in [2.75, 3.05) is 7.11 Å². The predicted molar refractivity (Wildman–Crippen MR) is 68.5 cm³/mol. The summed E-state index contributed by atoms with van der Waals surface area (Å²) in [4.78, 5) is 13.7. The molecule has 1 N–H and O–H groups in total. The van der Waals surface area contributed by atoms with E-state index in [1.807, 2.05) is 25.1 Å². The lowest BCUT2D eigenvalue weighted by Crippen LogP contribution is -2.10. The molecule has 0 saturated heterocycles. The van der Waals surface area contributed by atoms with E-state index in [-0.39, 0.29) is 5.56 Å². The van der Waals surface area contributed by atoms with Crippen LogP contribution in [0.15, 0.2) is 35.3 Å². The lowest BCUT2D eigenvalue weighted by Gasteiger charge is -2.11. The van der Waals surface area contributed by atoms with Crippen molar-refractivity contribution in [2.45, 2.75) is 6.92 Å². The molecule has 1 aromatic heterocycles. The number of aryl methyl sites for hydroxylation is 1. The highest BCUT2D eigenvalue weighted by molar-refractivity contribution is 7.71. The molecule has 2 aromatic rings. The largest absolute Gasteiger partial charge is 0.495 e. The minimum Gasteiger partial charge on any atom is -0.495 e. The molecule has 1 aromatic carbocycles. The van der Waals surface area contributed by atoms with Gasteiger partial charge in [0.15, 0.2) is 4.77 Å². The van der Waals surface area contributed by atoms with Crippen molar-refractivity contribution >= 4 is 12.2 Å². The Hall–Kier alpha value is -1.88. The minimum absolute atomic E-state index is 0.210. The molecular formula is C12H12N2O2S. The number of hydrogen-bond donors (Lipinski definition) is 1. The molecule has 4 nitrogen and oxygen atoms in total. The average Bonchev–Trinajstić information content (AvgIpc) is 2.29. The van der Waals surface area contributed by atoms with Gasteiger partial charge in [-0.25, -0.2) is 0 Å². The van der Waals surface area contributed by atoms with E-state index < -0.39 is 0 Å². The van der Waals surface area contributed by atoms with Crippen molar-refractivity contribution in [1.29, 1.82) is 0 Å². The maximum atomic E-state index is 11.1. The SMILES string of the molecule is COc1ccc(C)cc1-n1ccc(=O)[nH]c1=S. The predicted octanol–water partition coefficient (Wildman–Crippen LogP) is 2.21. The summed E-state index contributed by atoms with van der Waals surface area (Å²) in [6.45, 7) is 1.98. The maximum absolute atomic E-state index is 11.1. The summed E-state index contributed by atoms with van der Waals surface area (Å²) >= 11 is 5.12. The van der Waals surface area contributed by atoms with Crippen molar-refractivity contribution < 1.29 is 4.74 Å². The van der Waals surface area contributed by atoms with Crippen molar-refractivity contribution in [3.05, 3.63) is 51.2 Å². The van der Waals surface area contributed by atoms with E-state index in [9.17, 15) is 4.79 Å². The van der Waals surface area contributed by atoms with Gasteiger partial charge in [0, 0.05) is 12.3 Å². The lowest BCUT2D eigenvalue weighted by atomic mass is 10.2. The Morgan fingerprint density at radius 2 is 2.12 bits per heavy atom. The number of H-pyrrole nitrogens is 1. The van der Waals surface area contributed by atoms with Gasteiger partial charge in [-0.2, -0.15) is 0 Å². The standard InChI is InChI=1S/C12H12N2O2S/c1-8-3-4-10(16-2)9(7-8)14-6-5-11(15)13-12(14)17/h3-7H,1-2H3,(H,13,15,17). The van der Waals surface area contributed by atoms with Crippen LogP contribution in [0.1, 0.15) is 5.56 Å². The number of ether oxygens (including phenoxy) is 1. The molecule has 88 valence electrons. The quantitative estimate of drug-likeness (QED) is 0.829. The Morgan fingerprint density at radius 3 is 2.76 bits per heavy atom. The highest BCUT2D eigenvalue weighted by Crippen LogP contribution is 2.23. The molecule has 17 heavy (non-hydrogen) atoms. The van der Waals surface area contributed by atoms with Crippen molar-refractivity contribution in [3.63, 3.8) is 0 Å². The maximum Gasteiger partial charge on any atom is 0.251 e. The molecule has 0 aliphatic rings. The van der Waals surface area contributed by atoms with Crippen LogP contribution in [0.25, 0.3) is 5.69 Å². The fourth-order valence-corrected chi connectivity index (χ4v) is 1.85. The van der Waals surface area contributed by atoms with E-state index in [0.29, 0.717) is 10.5 Å². The Labute approximate surface area is 104 Å². The Morgan fingerprint density at radius 1 is 1.35 bits per heavy atom. The third kappa shape index (κ3) is 2.29. The second kappa shape index (κ2) is 4.55. The van der Waals surface area contributed by atoms with Crippen LogP contribution < -0.4 is 10.3 Å². The van der Waals surface area contributed by atoms with E-state index >= 15 is 0 Å². The molecule has 0 radical (unpaired) electrons. The molecule has 1 heterocycles. The van der Waals surface area contributed by atoms with Crippen LogP contribution in [0.4, 0.5) is 0 Å². The highest BCUT2D eigenvalue weighted by Gasteiger charge is 2.05. The molecule has 0 atom stereocenters. The van der Waals surface area contributed by atoms with E-state index in [1.54, 1.807) is 17.9 Å². The molecule has 0 aliphatic heterocycles. The van der Waals surface area contributed by atoms with Crippen LogP contribution in [0.5, 0.6) is 5.75 Å². The van der Waals surface area contributed by atoms with Crippen LogP contribution in [0, 0.1) is 11.7 Å². The van der Waals surface area contributed by atoms with Gasteiger partial charge in [0.25, 0.3) is 5.56 Å². The van der Waals surface area contributed by atoms with Gasteiger partial charge in [0.05, 0.1) is 12.8 Å². The zero-order valence-corrected chi connectivity index (χ0v) is 10.4. The summed E-state index contributed by atoms with van der Waals surface area (Å²) < 4.78 is 7.34. The van der Waals surface area contributed by atoms with E-state index in [4.69, 9.17) is 17.0 Å². The normalized spacial score (nSPS) is 10.2. The van der Waals surface area contributed by atoms with Gasteiger partial charge < -0.3 is 4.74 Å². The molecule has 0 saturated carbocycles. The number of hydrogen-bond acceptors (Lipinski definition) is 3. The van der Waals surface area contributed by atoms with Gasteiger partial charge in [0.2, 0.25) is 0 Å². The number of rotatable bonds is 2. The number of nitrogens with zero attached hydrogens (tertiary/aromatic N) is 1. The van der Waals surface area contributed by atoms with Crippen molar-refractivity contribution in [1.82, 2.24) is 9.55 Å². The highest BCUT2D eigenvalue weighted by atomic mass is 32.1. The van der Waals surface area contributed by atoms with E-state index in [2.05, 4.69) is 4.98 Å². The minimum atomic E-state index is -0.210. The molecule has 0 fully saturated rings. The Balaban J connectivity index is 2.71. The fourth-order valence-electron chi connectivity index (χ4n) is 1.60. The monoisotopic (exact) mass is 248 g/mol. The molecule has 5 heteroatoms. The van der Waals surface area contributed by atoms with Gasteiger partial charge in [-0.3, -0.25) is 14.3 Å². The lowest BCUT2D eigenvalue weighted by molar-refractivity contribution is 0.412. The topological polar surface area (TPSA) is 47.0 Å². The number of aromatic amines is 1. The van der Waals surface area contributed by atoms with Crippen LogP contribution in [-0.4, -0.2) is 16.7 Å². The van der Waals surface area contributed by atoms with Crippen LogP contribution in [0.2, 0.25) is 0 Å². The summed E-state index contributed by atoms with van der Waals surface area (Å²) in [5.74, 6) is 0.707. The zero-order valence-electron chi connectivity index (χ0n) is 9.56. The molecule has 0 bridgehead atoms. The smallest absolute Gasteiger partial charge is 0.251 e. The third-order valence-electron chi connectivity index (χ3n) is 2.42. The second-order valence-corrected chi connectivity index (χ2v) is 4.04. The molecule has 0 unspecified atom stereocenters. The number of nitrogens with one attached hydrogen (secondary N) is 1. The number of benzene rings is 1. The molecule has 0 spiro atoms. The van der Waals surface area contributed by atoms with Gasteiger partial charge >= 0.3 is 0 Å². The average molecular weight is 248 g/mol. The number of methoxy groups -OCH3 is 1. The first kappa shape index (κ1) is 11.6. The number of aromatic nitrogens is 2. The van der Waals surface area contributed by atoms with Gasteiger partial charge in [0.1, 0.15) is 5.75 Å². The van der Waals surface area contributed by atoms with E-state index in [0.717, 1.165) is 11.3 Å². The molecule has 0 aliphatic carbocycles. The van der Waals surface area contributed by atoms with Gasteiger partial charge in [-0.15, -0.1) is 0 Å².